The van der Waals surface area contributed by atoms with Crippen molar-refractivity contribution in [1.82, 2.24) is 24.7 Å². The molecule has 0 spiro atoms. The molecule has 3 heterocycles. The van der Waals surface area contributed by atoms with Gasteiger partial charge in [-0.2, -0.15) is 0 Å². The Hall–Kier alpha value is -5.00. The topological polar surface area (TPSA) is 165 Å². The van der Waals surface area contributed by atoms with E-state index in [2.05, 4.69) is 20.1 Å². The van der Waals surface area contributed by atoms with Gasteiger partial charge in [-0.1, -0.05) is 24.3 Å². The number of anilines is 1. The van der Waals surface area contributed by atoms with Gasteiger partial charge in [0.2, 0.25) is 0 Å². The highest BCUT2D eigenvalue weighted by atomic mass is 16.5. The first-order valence-corrected chi connectivity index (χ1v) is 11.4. The molecule has 0 bridgehead atoms. The summed E-state index contributed by atoms with van der Waals surface area (Å²) in [5, 5.41) is 12.2. The summed E-state index contributed by atoms with van der Waals surface area (Å²) in [5.74, 6) is 0.766. The second-order valence-corrected chi connectivity index (χ2v) is 8.46. The van der Waals surface area contributed by atoms with Crippen molar-refractivity contribution < 1.29 is 14.3 Å². The lowest BCUT2D eigenvalue weighted by molar-refractivity contribution is -0.121. The van der Waals surface area contributed by atoms with E-state index >= 15 is 0 Å². The first-order chi connectivity index (χ1) is 17.9. The van der Waals surface area contributed by atoms with Crippen LogP contribution < -0.4 is 25.8 Å². The Morgan fingerprint density at radius 3 is 2.62 bits per heavy atom. The van der Waals surface area contributed by atoms with Crippen molar-refractivity contribution >= 4 is 17.4 Å². The average molecular weight is 501 g/mol. The molecule has 12 heteroatoms. The van der Waals surface area contributed by atoms with E-state index in [9.17, 15) is 9.59 Å². The van der Waals surface area contributed by atoms with Crippen molar-refractivity contribution in [2.24, 2.45) is 5.73 Å². The van der Waals surface area contributed by atoms with Crippen LogP contribution in [0.15, 0.2) is 59.7 Å². The second kappa shape index (κ2) is 9.57. The number of methoxy groups -OCH3 is 1. The number of ether oxygens (including phenoxy) is 2. The summed E-state index contributed by atoms with van der Waals surface area (Å²) in [6.07, 6.45) is 3.48. The molecule has 4 aromatic rings. The minimum absolute atomic E-state index is 0.0267. The van der Waals surface area contributed by atoms with Gasteiger partial charge in [0, 0.05) is 30.9 Å². The number of carbonyl (C=O) groups is 1. The molecular weight excluding hydrogens is 476 g/mol. The van der Waals surface area contributed by atoms with Crippen LogP contribution in [0.2, 0.25) is 0 Å². The number of rotatable bonds is 7. The number of fused-ring (bicyclic) bond motifs is 1. The van der Waals surface area contributed by atoms with Gasteiger partial charge in [0.25, 0.3) is 11.9 Å². The lowest BCUT2D eigenvalue weighted by atomic mass is 9.90. The number of nitrogens with two attached hydrogens (primary N) is 1. The molecule has 1 amide bonds. The monoisotopic (exact) mass is 500 g/mol. The molecule has 0 aliphatic carbocycles. The Balaban J connectivity index is 1.64. The second-order valence-electron chi connectivity index (χ2n) is 8.46. The van der Waals surface area contributed by atoms with Crippen LogP contribution in [-0.4, -0.2) is 57.2 Å². The van der Waals surface area contributed by atoms with Gasteiger partial charge in [0.05, 0.1) is 12.8 Å². The summed E-state index contributed by atoms with van der Waals surface area (Å²) in [6, 6.07) is 12.6. The fourth-order valence-electron chi connectivity index (χ4n) is 4.18. The molecule has 0 saturated heterocycles. The Labute approximate surface area is 211 Å². The maximum Gasteiger partial charge on any atom is 0.350 e. The third-order valence-corrected chi connectivity index (χ3v) is 6.17. The Morgan fingerprint density at radius 1 is 1.22 bits per heavy atom. The first-order valence-electron chi connectivity index (χ1n) is 11.4. The molecule has 1 aliphatic rings. The summed E-state index contributed by atoms with van der Waals surface area (Å²) in [7, 11) is 3.20. The molecule has 12 nitrogen and oxygen atoms in total. The number of nitrogens with zero attached hydrogens (tertiary/aromatic N) is 5. The fraction of sp³-hybridized carbons (Fsp3) is 0.200. The van der Waals surface area contributed by atoms with Crippen molar-refractivity contribution in [2.45, 2.75) is 12.3 Å². The zero-order valence-corrected chi connectivity index (χ0v) is 20.1. The minimum Gasteiger partial charge on any atom is -0.493 e. The average Bonchev–Trinajstić information content (AvgIpc) is 3.30. The normalized spacial score (nSPS) is 13.6. The van der Waals surface area contributed by atoms with Crippen molar-refractivity contribution in [3.8, 4) is 17.4 Å². The first kappa shape index (κ1) is 23.7. The van der Waals surface area contributed by atoms with E-state index in [4.69, 9.17) is 20.6 Å². The number of H-pyrrole nitrogens is 1. The molecular formula is C25H24N8O4. The molecule has 2 aromatic carbocycles. The smallest absolute Gasteiger partial charge is 0.350 e. The highest BCUT2D eigenvalue weighted by Gasteiger charge is 2.29. The third-order valence-electron chi connectivity index (χ3n) is 6.17. The molecule has 1 unspecified atom stereocenters. The SMILES string of the molecule is COc1cc(C(Cc2ccc(C(=N)N)cc2)c2nn(-c3ncccn3)c(=O)[nH]2)cc2c1OCC(=O)N2C. The minimum atomic E-state index is -0.487. The molecule has 4 N–H and O–H groups in total. The molecule has 37 heavy (non-hydrogen) atoms. The van der Waals surface area contributed by atoms with E-state index in [0.717, 1.165) is 15.8 Å². The quantitative estimate of drug-likeness (QED) is 0.253. The standard InChI is InChI=1S/C25H24N8O4/c1-32-18-11-16(12-19(36-2)21(18)37-13-20(32)34)17(10-14-4-6-15(7-5-14)22(26)27)23-30-25(35)33(31-23)24-28-8-3-9-29-24/h3-9,11-12,17H,10,13H2,1-2H3,(H3,26,27)(H,30,31,35). The number of amidine groups is 1. The molecule has 2 aromatic heterocycles. The van der Waals surface area contributed by atoms with E-state index in [1.165, 1.54) is 24.4 Å². The maximum absolute atomic E-state index is 12.8. The highest BCUT2D eigenvalue weighted by Crippen LogP contribution is 2.43. The third kappa shape index (κ3) is 4.51. The van der Waals surface area contributed by atoms with Gasteiger partial charge >= 0.3 is 5.69 Å². The summed E-state index contributed by atoms with van der Waals surface area (Å²) < 4.78 is 12.4. The van der Waals surface area contributed by atoms with Crippen molar-refractivity contribution in [1.29, 1.82) is 5.41 Å². The van der Waals surface area contributed by atoms with Crippen LogP contribution in [0.4, 0.5) is 5.69 Å². The van der Waals surface area contributed by atoms with Crippen LogP contribution in [0.1, 0.15) is 28.4 Å². The number of carbonyl (C=O) groups excluding carboxylic acids is 1. The Morgan fingerprint density at radius 2 is 1.95 bits per heavy atom. The van der Waals surface area contributed by atoms with E-state index in [1.54, 1.807) is 25.2 Å². The Bertz CT molecular complexity index is 1530. The number of nitrogen functional groups attached to an aromatic ring is 1. The lowest BCUT2D eigenvalue weighted by Gasteiger charge is -2.29. The summed E-state index contributed by atoms with van der Waals surface area (Å²) in [4.78, 5) is 37.8. The summed E-state index contributed by atoms with van der Waals surface area (Å²) >= 11 is 0. The van der Waals surface area contributed by atoms with Gasteiger partial charge in [-0.25, -0.2) is 14.8 Å². The lowest BCUT2D eigenvalue weighted by Crippen LogP contribution is -2.35. The number of likely N-dealkylation sites (N-methyl/N-ethyl adjacent to an activating group) is 1. The molecule has 188 valence electrons. The van der Waals surface area contributed by atoms with Gasteiger partial charge in [0.15, 0.2) is 18.1 Å². The highest BCUT2D eigenvalue weighted by molar-refractivity contribution is 5.98. The molecule has 0 radical (unpaired) electrons. The van der Waals surface area contributed by atoms with Gasteiger partial charge in [0.1, 0.15) is 11.7 Å². The Kier molecular flexibility index (Phi) is 6.14. The van der Waals surface area contributed by atoms with Crippen molar-refractivity contribution in [3.05, 3.63) is 87.9 Å². The number of hydrogen-bond acceptors (Lipinski definition) is 8. The number of nitrogens with one attached hydrogen (secondary N) is 2. The molecule has 0 fully saturated rings. The van der Waals surface area contributed by atoms with Crippen molar-refractivity contribution in [2.75, 3.05) is 25.7 Å². The van der Waals surface area contributed by atoms with Crippen LogP contribution in [0.5, 0.6) is 11.5 Å². The van der Waals surface area contributed by atoms with E-state index in [-0.39, 0.29) is 24.3 Å². The summed E-state index contributed by atoms with van der Waals surface area (Å²) in [6.45, 7) is -0.0834. The molecule has 1 aliphatic heterocycles. The predicted molar refractivity (Wildman–Crippen MR) is 135 cm³/mol. The van der Waals surface area contributed by atoms with E-state index in [0.29, 0.717) is 35.0 Å². The largest absolute Gasteiger partial charge is 0.493 e. The molecule has 1 atom stereocenters. The van der Waals surface area contributed by atoms with Crippen LogP contribution in [0.3, 0.4) is 0 Å². The van der Waals surface area contributed by atoms with Crippen LogP contribution >= 0.6 is 0 Å². The van der Waals surface area contributed by atoms with Gasteiger partial charge in [-0.05, 0) is 35.7 Å². The van der Waals surface area contributed by atoms with Gasteiger partial charge in [-0.3, -0.25) is 15.2 Å². The van der Waals surface area contributed by atoms with Crippen molar-refractivity contribution in [3.63, 3.8) is 0 Å². The van der Waals surface area contributed by atoms with Crippen LogP contribution in [-0.2, 0) is 11.2 Å². The zero-order valence-electron chi connectivity index (χ0n) is 20.1. The maximum atomic E-state index is 12.8. The number of hydrogen-bond donors (Lipinski definition) is 3. The molecule has 0 saturated carbocycles. The number of aromatic nitrogens is 5. The van der Waals surface area contributed by atoms with Crippen LogP contribution in [0.25, 0.3) is 5.95 Å². The van der Waals surface area contributed by atoms with Crippen LogP contribution in [0, 0.1) is 5.41 Å². The summed E-state index contributed by atoms with van der Waals surface area (Å²) in [5.41, 5.74) is 7.93. The van der Waals surface area contributed by atoms with E-state index in [1.807, 2.05) is 24.3 Å². The number of amides is 1. The van der Waals surface area contributed by atoms with Gasteiger partial charge < -0.3 is 20.1 Å². The molecule has 5 rings (SSSR count). The predicted octanol–water partition coefficient (Wildman–Crippen LogP) is 1.37. The van der Waals surface area contributed by atoms with Gasteiger partial charge in [-0.15, -0.1) is 9.78 Å². The number of aromatic amines is 1. The fourth-order valence-corrected chi connectivity index (χ4v) is 4.18. The number of benzene rings is 2. The van der Waals surface area contributed by atoms with E-state index < -0.39 is 11.6 Å². The zero-order chi connectivity index (χ0) is 26.1.